The van der Waals surface area contributed by atoms with Crippen molar-refractivity contribution in [2.45, 2.75) is 18.9 Å². The number of rotatable bonds is 4. The molecule has 0 bridgehead atoms. The van der Waals surface area contributed by atoms with E-state index in [0.29, 0.717) is 30.8 Å². The van der Waals surface area contributed by atoms with Gasteiger partial charge in [0.25, 0.3) is 5.91 Å². The summed E-state index contributed by atoms with van der Waals surface area (Å²) in [5.74, 6) is -0.931. The first-order valence-corrected chi connectivity index (χ1v) is 7.61. The van der Waals surface area contributed by atoms with E-state index < -0.39 is 5.97 Å². The molecule has 19 heavy (non-hydrogen) atoms. The lowest BCUT2D eigenvalue weighted by molar-refractivity contribution is -0.145. The Kier molecular flexibility index (Phi) is 4.95. The summed E-state index contributed by atoms with van der Waals surface area (Å²) in [7, 11) is 0. The monoisotopic (exact) mass is 347 g/mol. The highest BCUT2D eigenvalue weighted by atomic mass is 79.9. The number of hydrogen-bond acceptors (Lipinski definition) is 4. The van der Waals surface area contributed by atoms with Crippen molar-refractivity contribution in [3.8, 4) is 0 Å². The van der Waals surface area contributed by atoms with Crippen LogP contribution in [0.4, 0.5) is 0 Å². The first-order valence-electron chi connectivity index (χ1n) is 5.93. The molecule has 5 nitrogen and oxygen atoms in total. The van der Waals surface area contributed by atoms with E-state index in [1.807, 2.05) is 11.4 Å². The van der Waals surface area contributed by atoms with Gasteiger partial charge >= 0.3 is 5.97 Å². The Bertz CT molecular complexity index is 468. The zero-order chi connectivity index (χ0) is 13.8. The van der Waals surface area contributed by atoms with Gasteiger partial charge in [0.15, 0.2) is 0 Å². The van der Waals surface area contributed by atoms with Gasteiger partial charge in [-0.1, -0.05) is 0 Å². The van der Waals surface area contributed by atoms with E-state index in [1.165, 1.54) is 11.3 Å². The van der Waals surface area contributed by atoms with E-state index in [-0.39, 0.29) is 18.6 Å². The minimum absolute atomic E-state index is 0.0264. The fourth-order valence-electron chi connectivity index (χ4n) is 2.00. The molecule has 1 aromatic heterocycles. The van der Waals surface area contributed by atoms with Crippen LogP contribution < -0.4 is 0 Å². The number of nitrogens with zero attached hydrogens (tertiary/aromatic N) is 1. The topological polar surface area (TPSA) is 66.8 Å². The second kappa shape index (κ2) is 6.49. The minimum atomic E-state index is -0.957. The zero-order valence-electron chi connectivity index (χ0n) is 10.2. The predicted molar refractivity (Wildman–Crippen MR) is 74.5 cm³/mol. The second-order valence-corrected chi connectivity index (χ2v) is 6.06. The Morgan fingerprint density at radius 1 is 1.47 bits per heavy atom. The van der Waals surface area contributed by atoms with Crippen LogP contribution in [0.2, 0.25) is 0 Å². The van der Waals surface area contributed by atoms with Crippen LogP contribution in [0.1, 0.15) is 22.5 Å². The Labute approximate surface area is 123 Å². The molecule has 0 atom stereocenters. The number of carbonyl (C=O) groups excluding carboxylic acids is 1. The smallest absolute Gasteiger partial charge is 0.329 e. The highest BCUT2D eigenvalue weighted by molar-refractivity contribution is 9.10. The molecular weight excluding hydrogens is 334 g/mol. The molecule has 2 rings (SSSR count). The lowest BCUT2D eigenvalue weighted by Gasteiger charge is -2.31. The van der Waals surface area contributed by atoms with Crippen molar-refractivity contribution in [1.82, 2.24) is 4.90 Å². The van der Waals surface area contributed by atoms with E-state index in [4.69, 9.17) is 9.84 Å². The number of carboxylic acid groups (broad SMARTS) is 1. The molecule has 1 N–H and O–H groups in total. The number of ether oxygens (including phenoxy) is 1. The summed E-state index contributed by atoms with van der Waals surface area (Å²) in [6.07, 6.45) is 1.30. The standard InChI is InChI=1S/C12H14BrNO4S/c13-9-3-6-19-11(9)12(17)14-4-1-8(2-5-14)18-7-10(15)16/h3,6,8H,1-2,4-5,7H2,(H,15,16). The number of piperidine rings is 1. The molecule has 1 aromatic rings. The molecule has 2 heterocycles. The molecule has 104 valence electrons. The molecule has 1 aliphatic rings. The molecule has 0 aromatic carbocycles. The third kappa shape index (κ3) is 3.77. The number of hydrogen-bond donors (Lipinski definition) is 1. The van der Waals surface area contributed by atoms with Gasteiger partial charge in [0.2, 0.25) is 0 Å². The highest BCUT2D eigenvalue weighted by Gasteiger charge is 2.26. The highest BCUT2D eigenvalue weighted by Crippen LogP contribution is 2.25. The molecule has 1 aliphatic heterocycles. The van der Waals surface area contributed by atoms with Crippen molar-refractivity contribution in [2.24, 2.45) is 0 Å². The van der Waals surface area contributed by atoms with E-state index in [2.05, 4.69) is 15.9 Å². The number of carboxylic acids is 1. The van der Waals surface area contributed by atoms with Crippen molar-refractivity contribution in [3.63, 3.8) is 0 Å². The largest absolute Gasteiger partial charge is 0.480 e. The summed E-state index contributed by atoms with van der Waals surface area (Å²) in [4.78, 5) is 25.1. The van der Waals surface area contributed by atoms with Crippen molar-refractivity contribution in [2.75, 3.05) is 19.7 Å². The molecular formula is C12H14BrNO4S. The third-order valence-electron chi connectivity index (χ3n) is 2.98. The van der Waals surface area contributed by atoms with E-state index >= 15 is 0 Å². The van der Waals surface area contributed by atoms with Crippen LogP contribution in [0.3, 0.4) is 0 Å². The summed E-state index contributed by atoms with van der Waals surface area (Å²) in [6, 6.07) is 1.86. The number of carbonyl (C=O) groups is 2. The van der Waals surface area contributed by atoms with Gasteiger partial charge in [0.05, 0.1) is 6.10 Å². The Balaban J connectivity index is 1.85. The molecule has 0 spiro atoms. The van der Waals surface area contributed by atoms with Crippen molar-refractivity contribution in [1.29, 1.82) is 0 Å². The van der Waals surface area contributed by atoms with Gasteiger partial charge in [-0.05, 0) is 40.2 Å². The van der Waals surface area contributed by atoms with Crippen LogP contribution in [0.15, 0.2) is 15.9 Å². The maximum absolute atomic E-state index is 12.2. The zero-order valence-corrected chi connectivity index (χ0v) is 12.6. The molecule has 0 radical (unpaired) electrons. The number of likely N-dealkylation sites (tertiary alicyclic amines) is 1. The summed E-state index contributed by atoms with van der Waals surface area (Å²) >= 11 is 4.78. The lowest BCUT2D eigenvalue weighted by Crippen LogP contribution is -2.41. The van der Waals surface area contributed by atoms with Crippen LogP contribution in [0, 0.1) is 0 Å². The number of amides is 1. The van der Waals surface area contributed by atoms with E-state index in [0.717, 1.165) is 4.47 Å². The van der Waals surface area contributed by atoms with E-state index in [9.17, 15) is 9.59 Å². The van der Waals surface area contributed by atoms with E-state index in [1.54, 1.807) is 4.90 Å². The molecule has 1 amide bonds. The lowest BCUT2D eigenvalue weighted by atomic mass is 10.1. The van der Waals surface area contributed by atoms with Crippen molar-refractivity contribution in [3.05, 3.63) is 20.8 Å². The first-order chi connectivity index (χ1) is 9.08. The van der Waals surface area contributed by atoms with Crippen molar-refractivity contribution >= 4 is 39.1 Å². The second-order valence-electron chi connectivity index (χ2n) is 4.29. The van der Waals surface area contributed by atoms with Gasteiger partial charge in [-0.15, -0.1) is 11.3 Å². The van der Waals surface area contributed by atoms with Gasteiger partial charge < -0.3 is 14.7 Å². The van der Waals surface area contributed by atoms with Gasteiger partial charge in [-0.3, -0.25) is 4.79 Å². The molecule has 0 saturated carbocycles. The third-order valence-corrected chi connectivity index (χ3v) is 4.81. The molecule has 0 unspecified atom stereocenters. The first kappa shape index (κ1) is 14.5. The SMILES string of the molecule is O=C(O)COC1CCN(C(=O)c2sccc2Br)CC1. The van der Waals surface area contributed by atoms with Crippen LogP contribution in [-0.2, 0) is 9.53 Å². The number of aliphatic carboxylic acids is 1. The summed E-state index contributed by atoms with van der Waals surface area (Å²) in [6.45, 7) is 0.940. The Morgan fingerprint density at radius 2 is 2.16 bits per heavy atom. The average molecular weight is 348 g/mol. The fraction of sp³-hybridized carbons (Fsp3) is 0.500. The van der Waals surface area contributed by atoms with Crippen LogP contribution in [-0.4, -0.2) is 47.7 Å². The molecule has 0 aliphatic carbocycles. The summed E-state index contributed by atoms with van der Waals surface area (Å²) < 4.78 is 6.07. The Hall–Kier alpha value is -0.920. The molecule has 1 fully saturated rings. The van der Waals surface area contributed by atoms with Gasteiger partial charge in [0, 0.05) is 17.6 Å². The van der Waals surface area contributed by atoms with Gasteiger partial charge in [-0.25, -0.2) is 4.79 Å². The van der Waals surface area contributed by atoms with Gasteiger partial charge in [0.1, 0.15) is 11.5 Å². The maximum atomic E-state index is 12.2. The minimum Gasteiger partial charge on any atom is -0.480 e. The van der Waals surface area contributed by atoms with Crippen LogP contribution >= 0.6 is 27.3 Å². The number of halogens is 1. The van der Waals surface area contributed by atoms with Crippen LogP contribution in [0.5, 0.6) is 0 Å². The Morgan fingerprint density at radius 3 is 2.68 bits per heavy atom. The summed E-state index contributed by atoms with van der Waals surface area (Å²) in [5.41, 5.74) is 0. The van der Waals surface area contributed by atoms with Crippen LogP contribution in [0.25, 0.3) is 0 Å². The average Bonchev–Trinajstić information content (AvgIpc) is 2.82. The predicted octanol–water partition coefficient (Wildman–Crippen LogP) is 2.22. The fourth-order valence-corrected chi connectivity index (χ4v) is 3.51. The van der Waals surface area contributed by atoms with Gasteiger partial charge in [-0.2, -0.15) is 0 Å². The number of thiophene rings is 1. The quantitative estimate of drug-likeness (QED) is 0.906. The molecule has 1 saturated heterocycles. The molecule has 7 heteroatoms. The van der Waals surface area contributed by atoms with Crippen molar-refractivity contribution < 1.29 is 19.4 Å². The maximum Gasteiger partial charge on any atom is 0.329 e. The summed E-state index contributed by atoms with van der Waals surface area (Å²) in [5, 5.41) is 10.4. The normalized spacial score (nSPS) is 16.6.